The third-order valence-corrected chi connectivity index (χ3v) is 4.23. The van der Waals surface area contributed by atoms with Gasteiger partial charge in [-0.15, -0.1) is 0 Å². The molecule has 0 aromatic heterocycles. The van der Waals surface area contributed by atoms with Gasteiger partial charge in [0.15, 0.2) is 0 Å². The molecule has 1 aromatic rings. The minimum atomic E-state index is -3.66. The Morgan fingerprint density at radius 2 is 2.00 bits per heavy atom. The maximum absolute atomic E-state index is 12.0. The Bertz CT molecular complexity index is 614. The summed E-state index contributed by atoms with van der Waals surface area (Å²) < 4.78 is 26.4. The topological polar surface area (TPSA) is 105 Å². The van der Waals surface area contributed by atoms with E-state index in [1.165, 1.54) is 13.1 Å². The average molecular weight is 314 g/mol. The fourth-order valence-electron chi connectivity index (χ4n) is 1.84. The minimum Gasteiger partial charge on any atom is -0.399 e. The fraction of sp³-hybridized carbons (Fsp3) is 0.462. The number of hydrogen-bond acceptors (Lipinski definition) is 5. The van der Waals surface area contributed by atoms with Crippen molar-refractivity contribution in [3.05, 3.63) is 18.2 Å². The van der Waals surface area contributed by atoms with Gasteiger partial charge in [0.1, 0.15) is 4.90 Å². The van der Waals surface area contributed by atoms with Gasteiger partial charge in [0.25, 0.3) is 0 Å². The van der Waals surface area contributed by atoms with Gasteiger partial charge < -0.3 is 16.0 Å². The molecule has 0 bridgehead atoms. The second-order valence-corrected chi connectivity index (χ2v) is 6.87. The molecule has 0 heterocycles. The van der Waals surface area contributed by atoms with E-state index in [2.05, 4.69) is 10.0 Å². The molecule has 1 aromatic carbocycles. The van der Waals surface area contributed by atoms with Crippen LogP contribution in [0.2, 0.25) is 0 Å². The molecular formula is C13H22N4O3S. The van der Waals surface area contributed by atoms with Crippen LogP contribution in [-0.4, -0.2) is 41.0 Å². The van der Waals surface area contributed by atoms with Gasteiger partial charge >= 0.3 is 0 Å². The molecular weight excluding hydrogens is 292 g/mol. The summed E-state index contributed by atoms with van der Waals surface area (Å²) in [5.41, 5.74) is 6.41. The van der Waals surface area contributed by atoms with Crippen LogP contribution in [0.4, 0.5) is 11.4 Å². The maximum atomic E-state index is 12.0. The summed E-state index contributed by atoms with van der Waals surface area (Å²) in [6, 6.07) is 4.58. The molecule has 8 heteroatoms. The van der Waals surface area contributed by atoms with E-state index in [4.69, 9.17) is 5.73 Å². The zero-order valence-electron chi connectivity index (χ0n) is 12.7. The van der Waals surface area contributed by atoms with E-state index < -0.39 is 10.0 Å². The van der Waals surface area contributed by atoms with Crippen LogP contribution in [0.15, 0.2) is 23.1 Å². The highest BCUT2D eigenvalue weighted by Gasteiger charge is 2.20. The van der Waals surface area contributed by atoms with Gasteiger partial charge in [-0.3, -0.25) is 4.79 Å². The van der Waals surface area contributed by atoms with Crippen LogP contribution in [0.1, 0.15) is 13.8 Å². The molecule has 0 aliphatic carbocycles. The van der Waals surface area contributed by atoms with Gasteiger partial charge in [-0.1, -0.05) is 0 Å². The fourth-order valence-corrected chi connectivity index (χ4v) is 2.85. The number of nitrogens with two attached hydrogens (primary N) is 1. The second-order valence-electron chi connectivity index (χ2n) is 5.01. The van der Waals surface area contributed by atoms with E-state index in [1.54, 1.807) is 24.1 Å². The zero-order chi connectivity index (χ0) is 16.2. The molecule has 0 radical (unpaired) electrons. The Labute approximate surface area is 125 Å². The Balaban J connectivity index is 3.10. The second kappa shape index (κ2) is 6.77. The third-order valence-electron chi connectivity index (χ3n) is 2.78. The number of nitrogens with one attached hydrogen (secondary N) is 2. The summed E-state index contributed by atoms with van der Waals surface area (Å²) in [6.07, 6.45) is 0. The zero-order valence-corrected chi connectivity index (χ0v) is 13.5. The molecule has 0 unspecified atom stereocenters. The number of nitrogen functional groups attached to an aromatic ring is 1. The van der Waals surface area contributed by atoms with Gasteiger partial charge in [-0.25, -0.2) is 13.1 Å². The molecule has 4 N–H and O–H groups in total. The molecule has 0 aliphatic rings. The summed E-state index contributed by atoms with van der Waals surface area (Å²) in [6.45, 7) is 3.77. The number of hydrogen-bond donors (Lipinski definition) is 3. The van der Waals surface area contributed by atoms with Crippen molar-refractivity contribution in [3.8, 4) is 0 Å². The van der Waals surface area contributed by atoms with Crippen LogP contribution in [0.25, 0.3) is 0 Å². The smallest absolute Gasteiger partial charge is 0.242 e. The molecule has 7 nitrogen and oxygen atoms in total. The standard InChI is InChI=1S/C13H22N4O3S/c1-9(2)16-13(18)8-17(4)11-6-5-10(14)7-12(11)21(19,20)15-3/h5-7,9,15H,8,14H2,1-4H3,(H,16,18). The van der Waals surface area contributed by atoms with Crippen molar-refractivity contribution in [2.75, 3.05) is 31.3 Å². The lowest BCUT2D eigenvalue weighted by molar-refractivity contribution is -0.120. The first-order valence-electron chi connectivity index (χ1n) is 6.51. The van der Waals surface area contributed by atoms with Crippen LogP contribution in [-0.2, 0) is 14.8 Å². The van der Waals surface area contributed by atoms with Crippen LogP contribution < -0.4 is 20.7 Å². The van der Waals surface area contributed by atoms with E-state index in [0.29, 0.717) is 11.4 Å². The van der Waals surface area contributed by atoms with Gasteiger partial charge in [-0.05, 0) is 39.1 Å². The lowest BCUT2D eigenvalue weighted by Gasteiger charge is -2.22. The number of nitrogens with zero attached hydrogens (tertiary/aromatic N) is 1. The highest BCUT2D eigenvalue weighted by molar-refractivity contribution is 7.89. The molecule has 0 saturated heterocycles. The first-order valence-corrected chi connectivity index (χ1v) is 7.99. The van der Waals surface area contributed by atoms with Crippen LogP contribution in [0.3, 0.4) is 0 Å². The van der Waals surface area contributed by atoms with E-state index in [0.717, 1.165) is 0 Å². The Morgan fingerprint density at radius 1 is 1.38 bits per heavy atom. The Hall–Kier alpha value is -1.80. The van der Waals surface area contributed by atoms with Gasteiger partial charge in [-0.2, -0.15) is 0 Å². The molecule has 118 valence electrons. The van der Waals surface area contributed by atoms with E-state index >= 15 is 0 Å². The highest BCUT2D eigenvalue weighted by atomic mass is 32.2. The van der Waals surface area contributed by atoms with E-state index in [-0.39, 0.29) is 23.4 Å². The summed E-state index contributed by atoms with van der Waals surface area (Å²) in [5, 5.41) is 2.76. The van der Waals surface area contributed by atoms with Crippen molar-refractivity contribution in [3.63, 3.8) is 0 Å². The predicted octanol–water partition coefficient (Wildman–Crippen LogP) is 0.138. The molecule has 1 amide bonds. The number of benzene rings is 1. The number of sulfonamides is 1. The van der Waals surface area contributed by atoms with Crippen molar-refractivity contribution in [2.24, 2.45) is 0 Å². The molecule has 1 rings (SSSR count). The summed E-state index contributed by atoms with van der Waals surface area (Å²) in [5.74, 6) is -0.183. The van der Waals surface area contributed by atoms with Crippen LogP contribution in [0, 0.1) is 0 Å². The van der Waals surface area contributed by atoms with Crippen molar-refractivity contribution >= 4 is 27.3 Å². The number of carbonyl (C=O) groups is 1. The average Bonchev–Trinajstić information content (AvgIpc) is 2.37. The molecule has 0 aliphatic heterocycles. The molecule has 0 fully saturated rings. The summed E-state index contributed by atoms with van der Waals surface area (Å²) >= 11 is 0. The Morgan fingerprint density at radius 3 is 2.52 bits per heavy atom. The number of likely N-dealkylation sites (N-methyl/N-ethyl adjacent to an activating group) is 1. The minimum absolute atomic E-state index is 0.0258. The van der Waals surface area contributed by atoms with Gasteiger partial charge in [0.2, 0.25) is 15.9 Å². The molecule has 0 saturated carbocycles. The van der Waals surface area contributed by atoms with Gasteiger partial charge in [0, 0.05) is 18.8 Å². The third kappa shape index (κ3) is 4.61. The monoisotopic (exact) mass is 314 g/mol. The van der Waals surface area contributed by atoms with E-state index in [1.807, 2.05) is 13.8 Å². The van der Waals surface area contributed by atoms with Crippen LogP contribution >= 0.6 is 0 Å². The van der Waals surface area contributed by atoms with Crippen molar-refractivity contribution < 1.29 is 13.2 Å². The van der Waals surface area contributed by atoms with Crippen molar-refractivity contribution in [1.29, 1.82) is 0 Å². The molecule has 0 atom stereocenters. The molecule has 0 spiro atoms. The number of anilines is 2. The number of rotatable bonds is 6. The van der Waals surface area contributed by atoms with E-state index in [9.17, 15) is 13.2 Å². The quantitative estimate of drug-likeness (QED) is 0.648. The summed E-state index contributed by atoms with van der Waals surface area (Å²) in [4.78, 5) is 13.4. The number of carbonyl (C=O) groups excluding carboxylic acids is 1. The number of amides is 1. The largest absolute Gasteiger partial charge is 0.399 e. The highest BCUT2D eigenvalue weighted by Crippen LogP contribution is 2.26. The predicted molar refractivity (Wildman–Crippen MR) is 83.6 cm³/mol. The lowest BCUT2D eigenvalue weighted by atomic mass is 10.2. The first-order chi connectivity index (χ1) is 9.67. The SMILES string of the molecule is CNS(=O)(=O)c1cc(N)ccc1N(C)CC(=O)NC(C)C. The summed E-state index contributed by atoms with van der Waals surface area (Å²) in [7, 11) is -0.679. The van der Waals surface area contributed by atoms with Crippen molar-refractivity contribution in [2.45, 2.75) is 24.8 Å². The normalized spacial score (nSPS) is 11.5. The maximum Gasteiger partial charge on any atom is 0.242 e. The molecule has 21 heavy (non-hydrogen) atoms. The lowest BCUT2D eigenvalue weighted by Crippen LogP contribution is -2.39. The van der Waals surface area contributed by atoms with Crippen LogP contribution in [0.5, 0.6) is 0 Å². The first kappa shape index (κ1) is 17.3. The van der Waals surface area contributed by atoms with Gasteiger partial charge in [0.05, 0.1) is 12.2 Å². The van der Waals surface area contributed by atoms with Crippen molar-refractivity contribution in [1.82, 2.24) is 10.0 Å². The Kier molecular flexibility index (Phi) is 5.56.